The molecular weight excluding hydrogens is 298 g/mol. The van der Waals surface area contributed by atoms with Gasteiger partial charge in [0.1, 0.15) is 0 Å². The van der Waals surface area contributed by atoms with Gasteiger partial charge in [-0.3, -0.25) is 4.79 Å². The summed E-state index contributed by atoms with van der Waals surface area (Å²) in [6.45, 7) is 3.75. The van der Waals surface area contributed by atoms with Crippen LogP contribution >= 0.6 is 11.8 Å². The molecule has 0 atom stereocenters. The van der Waals surface area contributed by atoms with Crippen LogP contribution in [0.15, 0.2) is 40.6 Å². The van der Waals surface area contributed by atoms with Gasteiger partial charge in [-0.15, -0.1) is 11.8 Å². The second-order valence-electron chi connectivity index (χ2n) is 4.96. The SMILES string of the molecule is Cc1cc(C)nc(N2N=C(CSc3ccccn3)CC2=O)n1. The van der Waals surface area contributed by atoms with E-state index < -0.39 is 0 Å². The minimum absolute atomic E-state index is 0.0957. The summed E-state index contributed by atoms with van der Waals surface area (Å²) in [4.78, 5) is 24.9. The number of hydrogen-bond donors (Lipinski definition) is 0. The molecule has 3 heterocycles. The molecule has 6 nitrogen and oxygen atoms in total. The van der Waals surface area contributed by atoms with Gasteiger partial charge < -0.3 is 0 Å². The van der Waals surface area contributed by atoms with Crippen LogP contribution in [0, 0.1) is 13.8 Å². The number of aromatic nitrogens is 3. The van der Waals surface area contributed by atoms with Crippen molar-refractivity contribution in [2.24, 2.45) is 5.10 Å². The molecule has 112 valence electrons. The van der Waals surface area contributed by atoms with E-state index in [1.807, 2.05) is 38.1 Å². The molecule has 0 aliphatic carbocycles. The van der Waals surface area contributed by atoms with Crippen LogP contribution in [-0.2, 0) is 4.79 Å². The van der Waals surface area contributed by atoms with Gasteiger partial charge in [0.15, 0.2) is 0 Å². The zero-order chi connectivity index (χ0) is 15.5. The van der Waals surface area contributed by atoms with Crippen molar-refractivity contribution in [1.82, 2.24) is 15.0 Å². The van der Waals surface area contributed by atoms with E-state index in [1.54, 1.807) is 18.0 Å². The highest BCUT2D eigenvalue weighted by atomic mass is 32.2. The molecule has 2 aromatic rings. The van der Waals surface area contributed by atoms with E-state index in [9.17, 15) is 4.79 Å². The Hall–Kier alpha value is -2.28. The van der Waals surface area contributed by atoms with Crippen LogP contribution in [0.25, 0.3) is 0 Å². The Morgan fingerprint density at radius 1 is 1.23 bits per heavy atom. The number of aryl methyl sites for hydroxylation is 2. The molecule has 0 saturated carbocycles. The maximum Gasteiger partial charge on any atom is 0.255 e. The number of thioether (sulfide) groups is 1. The van der Waals surface area contributed by atoms with Crippen LogP contribution in [0.4, 0.5) is 5.95 Å². The van der Waals surface area contributed by atoms with Gasteiger partial charge in [0, 0.05) is 23.3 Å². The van der Waals surface area contributed by atoms with Crippen molar-refractivity contribution in [3.8, 4) is 0 Å². The summed E-state index contributed by atoms with van der Waals surface area (Å²) in [7, 11) is 0. The number of hydrazone groups is 1. The Bertz CT molecular complexity index is 712. The third-order valence-corrected chi connectivity index (χ3v) is 4.03. The third kappa shape index (κ3) is 3.30. The van der Waals surface area contributed by atoms with Crippen molar-refractivity contribution >= 4 is 29.3 Å². The fourth-order valence-electron chi connectivity index (χ4n) is 2.11. The van der Waals surface area contributed by atoms with Crippen LogP contribution in [0.5, 0.6) is 0 Å². The number of nitrogens with zero attached hydrogens (tertiary/aromatic N) is 5. The first-order valence-electron chi connectivity index (χ1n) is 6.87. The lowest BCUT2D eigenvalue weighted by molar-refractivity contribution is -0.117. The second kappa shape index (κ2) is 6.23. The molecule has 0 unspecified atom stereocenters. The summed E-state index contributed by atoms with van der Waals surface area (Å²) >= 11 is 1.56. The highest BCUT2D eigenvalue weighted by Crippen LogP contribution is 2.21. The second-order valence-corrected chi connectivity index (χ2v) is 5.95. The molecule has 0 bridgehead atoms. The van der Waals surface area contributed by atoms with Gasteiger partial charge in [-0.25, -0.2) is 15.0 Å². The summed E-state index contributed by atoms with van der Waals surface area (Å²) in [5.74, 6) is 0.881. The van der Waals surface area contributed by atoms with Crippen LogP contribution in [0.1, 0.15) is 17.8 Å². The summed E-state index contributed by atoms with van der Waals surface area (Å²) in [5.41, 5.74) is 2.45. The fourth-order valence-corrected chi connectivity index (χ4v) is 2.89. The van der Waals surface area contributed by atoms with Crippen LogP contribution in [-0.4, -0.2) is 32.3 Å². The predicted octanol–water partition coefficient (Wildman–Crippen LogP) is 2.37. The number of carbonyl (C=O) groups is 1. The Morgan fingerprint density at radius 3 is 2.68 bits per heavy atom. The van der Waals surface area contributed by atoms with Crippen molar-refractivity contribution in [2.45, 2.75) is 25.3 Å². The lowest BCUT2D eigenvalue weighted by atomic mass is 10.3. The molecule has 0 fully saturated rings. The molecule has 7 heteroatoms. The van der Waals surface area contributed by atoms with E-state index in [-0.39, 0.29) is 5.91 Å². The molecule has 0 N–H and O–H groups in total. The first-order chi connectivity index (χ1) is 10.6. The topological polar surface area (TPSA) is 71.3 Å². The molecule has 0 aromatic carbocycles. The standard InChI is InChI=1S/C15H15N5OS/c1-10-7-11(2)18-15(17-10)20-14(21)8-12(19-20)9-22-13-5-3-4-6-16-13/h3-7H,8-9H2,1-2H3. The van der Waals surface area contributed by atoms with Crippen LogP contribution in [0.3, 0.4) is 0 Å². The number of hydrogen-bond acceptors (Lipinski definition) is 6. The highest BCUT2D eigenvalue weighted by Gasteiger charge is 2.27. The molecule has 1 amide bonds. The molecular formula is C15H15N5OS. The molecule has 3 rings (SSSR count). The minimum atomic E-state index is -0.0957. The molecule has 0 radical (unpaired) electrons. The summed E-state index contributed by atoms with van der Waals surface area (Å²) in [6, 6.07) is 7.62. The normalized spacial score (nSPS) is 14.4. The van der Waals surface area contributed by atoms with Gasteiger partial charge in [-0.1, -0.05) is 6.07 Å². The number of rotatable bonds is 4. The van der Waals surface area contributed by atoms with Gasteiger partial charge in [0.25, 0.3) is 11.9 Å². The summed E-state index contributed by atoms with van der Waals surface area (Å²) < 4.78 is 0. The van der Waals surface area contributed by atoms with E-state index in [0.29, 0.717) is 18.1 Å². The predicted molar refractivity (Wildman–Crippen MR) is 86.0 cm³/mol. The van der Waals surface area contributed by atoms with Gasteiger partial charge in [-0.2, -0.15) is 10.1 Å². The summed E-state index contributed by atoms with van der Waals surface area (Å²) in [5, 5.41) is 6.58. The smallest absolute Gasteiger partial charge is 0.255 e. The van der Waals surface area contributed by atoms with Crippen molar-refractivity contribution < 1.29 is 4.79 Å². The molecule has 1 aliphatic rings. The Kier molecular flexibility index (Phi) is 4.15. The first-order valence-corrected chi connectivity index (χ1v) is 7.86. The van der Waals surface area contributed by atoms with E-state index in [2.05, 4.69) is 20.1 Å². The Balaban J connectivity index is 1.74. The van der Waals surface area contributed by atoms with Crippen LogP contribution < -0.4 is 5.01 Å². The lowest BCUT2D eigenvalue weighted by Gasteiger charge is -2.10. The maximum absolute atomic E-state index is 12.1. The molecule has 22 heavy (non-hydrogen) atoms. The lowest BCUT2D eigenvalue weighted by Crippen LogP contribution is -2.22. The van der Waals surface area contributed by atoms with Crippen molar-refractivity contribution in [2.75, 3.05) is 10.8 Å². The van der Waals surface area contributed by atoms with E-state index >= 15 is 0 Å². The van der Waals surface area contributed by atoms with Gasteiger partial charge in [-0.05, 0) is 32.0 Å². The molecule has 2 aromatic heterocycles. The largest absolute Gasteiger partial charge is 0.272 e. The Morgan fingerprint density at radius 2 is 2.00 bits per heavy atom. The van der Waals surface area contributed by atoms with E-state index in [0.717, 1.165) is 22.1 Å². The van der Waals surface area contributed by atoms with Gasteiger partial charge in [0.2, 0.25) is 0 Å². The number of pyridine rings is 1. The molecule has 0 saturated heterocycles. The highest BCUT2D eigenvalue weighted by molar-refractivity contribution is 7.99. The van der Waals surface area contributed by atoms with Gasteiger partial charge in [0.05, 0.1) is 17.2 Å². The van der Waals surface area contributed by atoms with Crippen LogP contribution in [0.2, 0.25) is 0 Å². The maximum atomic E-state index is 12.1. The zero-order valence-electron chi connectivity index (χ0n) is 12.4. The van der Waals surface area contributed by atoms with Crippen molar-refractivity contribution in [3.05, 3.63) is 41.9 Å². The molecule has 0 spiro atoms. The van der Waals surface area contributed by atoms with Crippen molar-refractivity contribution in [1.29, 1.82) is 0 Å². The minimum Gasteiger partial charge on any atom is -0.272 e. The van der Waals surface area contributed by atoms with Crippen molar-refractivity contribution in [3.63, 3.8) is 0 Å². The van der Waals surface area contributed by atoms with E-state index in [4.69, 9.17) is 0 Å². The average Bonchev–Trinajstić information content (AvgIpc) is 2.86. The quantitative estimate of drug-likeness (QED) is 0.810. The monoisotopic (exact) mass is 313 g/mol. The number of amides is 1. The molecule has 1 aliphatic heterocycles. The summed E-state index contributed by atoms with van der Waals surface area (Å²) in [6.07, 6.45) is 2.05. The average molecular weight is 313 g/mol. The van der Waals surface area contributed by atoms with E-state index in [1.165, 1.54) is 5.01 Å². The van der Waals surface area contributed by atoms with Gasteiger partial charge >= 0.3 is 0 Å². The third-order valence-electron chi connectivity index (χ3n) is 3.02. The first kappa shape index (κ1) is 14.6. The fraction of sp³-hybridized carbons (Fsp3) is 0.267. The Labute approximate surface area is 132 Å². The zero-order valence-corrected chi connectivity index (χ0v) is 13.2. The number of carbonyl (C=O) groups excluding carboxylic acids is 1. The number of anilines is 1.